The summed E-state index contributed by atoms with van der Waals surface area (Å²) in [4.78, 5) is 15.8. The molecule has 0 unspecified atom stereocenters. The van der Waals surface area contributed by atoms with Gasteiger partial charge in [-0.3, -0.25) is 10.1 Å². The highest BCUT2D eigenvalue weighted by atomic mass is 16.6. The molecular formula is C9H12N4O3. The van der Waals surface area contributed by atoms with Crippen LogP contribution < -0.4 is 10.6 Å². The first-order valence-electron chi connectivity index (χ1n) is 4.92. The van der Waals surface area contributed by atoms with Gasteiger partial charge >= 0.3 is 5.69 Å². The predicted octanol–water partition coefficient (Wildman–Crippen LogP) is 0.143. The molecule has 1 aliphatic heterocycles. The van der Waals surface area contributed by atoms with E-state index in [1.807, 2.05) is 4.90 Å². The first-order chi connectivity index (χ1) is 7.58. The molecule has 16 heavy (non-hydrogen) atoms. The number of anilines is 2. The second-order valence-electron chi connectivity index (χ2n) is 3.72. The molecule has 86 valence electrons. The summed E-state index contributed by atoms with van der Waals surface area (Å²) < 4.78 is 0. The predicted molar refractivity (Wildman–Crippen MR) is 58.1 cm³/mol. The second-order valence-corrected chi connectivity index (χ2v) is 3.72. The molecule has 0 aliphatic carbocycles. The van der Waals surface area contributed by atoms with E-state index in [-0.39, 0.29) is 17.6 Å². The van der Waals surface area contributed by atoms with Crippen molar-refractivity contribution in [2.24, 2.45) is 0 Å². The minimum Gasteiger partial charge on any atom is -0.391 e. The van der Waals surface area contributed by atoms with Gasteiger partial charge in [0, 0.05) is 19.2 Å². The van der Waals surface area contributed by atoms with E-state index in [0.717, 1.165) is 0 Å². The molecule has 1 aromatic rings. The average molecular weight is 224 g/mol. The standard InChI is InChI=1S/C9H12N4O3/c10-9-7(13(15)16)1-2-8(11-9)12-4-3-6(14)5-12/h1-2,6,14H,3-5H2,(H2,10,11)/t6-/m1/s1. The zero-order valence-corrected chi connectivity index (χ0v) is 8.54. The van der Waals surface area contributed by atoms with Gasteiger partial charge < -0.3 is 15.7 Å². The van der Waals surface area contributed by atoms with Gasteiger partial charge in [0.25, 0.3) is 0 Å². The summed E-state index contributed by atoms with van der Waals surface area (Å²) in [6.07, 6.45) is 0.316. The van der Waals surface area contributed by atoms with E-state index < -0.39 is 4.92 Å². The third-order valence-corrected chi connectivity index (χ3v) is 2.57. The monoisotopic (exact) mass is 224 g/mol. The maximum Gasteiger partial charge on any atom is 0.311 e. The first-order valence-corrected chi connectivity index (χ1v) is 4.92. The summed E-state index contributed by atoms with van der Waals surface area (Å²) in [5.74, 6) is 0.475. The molecule has 1 aliphatic rings. The van der Waals surface area contributed by atoms with E-state index in [0.29, 0.717) is 25.3 Å². The summed E-state index contributed by atoms with van der Waals surface area (Å²) >= 11 is 0. The molecule has 0 spiro atoms. The summed E-state index contributed by atoms with van der Waals surface area (Å²) in [7, 11) is 0. The number of aliphatic hydroxyl groups is 1. The Balaban J connectivity index is 2.24. The van der Waals surface area contributed by atoms with E-state index in [1.54, 1.807) is 6.07 Å². The Morgan fingerprint density at radius 3 is 2.88 bits per heavy atom. The quantitative estimate of drug-likeness (QED) is 0.547. The lowest BCUT2D eigenvalue weighted by atomic mass is 10.3. The van der Waals surface area contributed by atoms with Crippen molar-refractivity contribution < 1.29 is 10.0 Å². The Labute approximate surface area is 91.7 Å². The zero-order chi connectivity index (χ0) is 11.7. The number of β-amino-alcohol motifs (C(OH)–C–C–N with tert-alkyl or cyclic N) is 1. The van der Waals surface area contributed by atoms with Crippen LogP contribution in [0.25, 0.3) is 0 Å². The number of hydrogen-bond donors (Lipinski definition) is 2. The van der Waals surface area contributed by atoms with Crippen LogP contribution in [0.3, 0.4) is 0 Å². The molecule has 0 amide bonds. The number of nitrogens with two attached hydrogens (primary N) is 1. The van der Waals surface area contributed by atoms with Crippen LogP contribution in [-0.4, -0.2) is 34.2 Å². The fraction of sp³-hybridized carbons (Fsp3) is 0.444. The summed E-state index contributed by atoms with van der Waals surface area (Å²) in [5, 5.41) is 19.9. The largest absolute Gasteiger partial charge is 0.391 e. The Morgan fingerprint density at radius 1 is 1.62 bits per heavy atom. The highest BCUT2D eigenvalue weighted by Gasteiger charge is 2.23. The highest BCUT2D eigenvalue weighted by molar-refractivity contribution is 5.58. The van der Waals surface area contributed by atoms with Crippen molar-refractivity contribution in [2.45, 2.75) is 12.5 Å². The van der Waals surface area contributed by atoms with E-state index in [1.165, 1.54) is 6.07 Å². The van der Waals surface area contributed by atoms with Gasteiger partial charge in [-0.05, 0) is 12.5 Å². The number of nitrogens with zero attached hydrogens (tertiary/aromatic N) is 3. The molecule has 0 aromatic carbocycles. The van der Waals surface area contributed by atoms with Crippen LogP contribution in [-0.2, 0) is 0 Å². The molecule has 1 fully saturated rings. The second kappa shape index (κ2) is 3.93. The van der Waals surface area contributed by atoms with Gasteiger partial charge in [0.1, 0.15) is 5.82 Å². The van der Waals surface area contributed by atoms with Crippen molar-refractivity contribution in [3.05, 3.63) is 22.2 Å². The van der Waals surface area contributed by atoms with Crippen LogP contribution >= 0.6 is 0 Å². The smallest absolute Gasteiger partial charge is 0.311 e. The zero-order valence-electron chi connectivity index (χ0n) is 8.54. The number of aliphatic hydroxyl groups excluding tert-OH is 1. The normalized spacial score (nSPS) is 20.1. The molecule has 0 saturated carbocycles. The Hall–Kier alpha value is -1.89. The fourth-order valence-corrected chi connectivity index (χ4v) is 1.74. The van der Waals surface area contributed by atoms with Gasteiger partial charge in [-0.1, -0.05) is 0 Å². The van der Waals surface area contributed by atoms with E-state index in [9.17, 15) is 15.2 Å². The lowest BCUT2D eigenvalue weighted by Crippen LogP contribution is -2.22. The highest BCUT2D eigenvalue weighted by Crippen LogP contribution is 2.25. The van der Waals surface area contributed by atoms with Crippen molar-refractivity contribution in [2.75, 3.05) is 23.7 Å². The van der Waals surface area contributed by atoms with Crippen LogP contribution in [0.15, 0.2) is 12.1 Å². The van der Waals surface area contributed by atoms with Gasteiger partial charge in [-0.25, -0.2) is 4.98 Å². The number of aromatic nitrogens is 1. The Morgan fingerprint density at radius 2 is 2.38 bits per heavy atom. The minimum atomic E-state index is -0.565. The van der Waals surface area contributed by atoms with Gasteiger partial charge in [0.15, 0.2) is 0 Å². The van der Waals surface area contributed by atoms with Gasteiger partial charge in [-0.2, -0.15) is 0 Å². The van der Waals surface area contributed by atoms with Gasteiger partial charge in [0.2, 0.25) is 5.82 Å². The van der Waals surface area contributed by atoms with E-state index in [4.69, 9.17) is 5.73 Å². The molecule has 1 saturated heterocycles. The van der Waals surface area contributed by atoms with Crippen molar-refractivity contribution in [1.29, 1.82) is 0 Å². The average Bonchev–Trinajstić information content (AvgIpc) is 2.64. The topological polar surface area (TPSA) is 106 Å². The molecule has 0 radical (unpaired) electrons. The van der Waals surface area contributed by atoms with E-state index in [2.05, 4.69) is 4.98 Å². The molecule has 3 N–H and O–H groups in total. The number of rotatable bonds is 2. The lowest BCUT2D eigenvalue weighted by Gasteiger charge is -2.16. The first kappa shape index (κ1) is 10.6. The Kier molecular flexibility index (Phi) is 2.61. The lowest BCUT2D eigenvalue weighted by molar-refractivity contribution is -0.384. The number of pyridine rings is 1. The minimum absolute atomic E-state index is 0.0936. The maximum atomic E-state index is 10.5. The van der Waals surface area contributed by atoms with Gasteiger partial charge in [-0.15, -0.1) is 0 Å². The van der Waals surface area contributed by atoms with Crippen LogP contribution in [0.4, 0.5) is 17.3 Å². The molecular weight excluding hydrogens is 212 g/mol. The third-order valence-electron chi connectivity index (χ3n) is 2.57. The van der Waals surface area contributed by atoms with Crippen LogP contribution in [0.2, 0.25) is 0 Å². The van der Waals surface area contributed by atoms with Crippen LogP contribution in [0.1, 0.15) is 6.42 Å². The van der Waals surface area contributed by atoms with Crippen LogP contribution in [0, 0.1) is 10.1 Å². The number of nitro groups is 1. The summed E-state index contributed by atoms with van der Waals surface area (Å²) in [5.41, 5.74) is 5.29. The maximum absolute atomic E-state index is 10.5. The fourth-order valence-electron chi connectivity index (χ4n) is 1.74. The van der Waals surface area contributed by atoms with E-state index >= 15 is 0 Å². The SMILES string of the molecule is Nc1nc(N2CC[C@@H](O)C2)ccc1[N+](=O)[O-]. The molecule has 1 aromatic heterocycles. The van der Waals surface area contributed by atoms with Crippen LogP contribution in [0.5, 0.6) is 0 Å². The van der Waals surface area contributed by atoms with Gasteiger partial charge in [0.05, 0.1) is 11.0 Å². The summed E-state index contributed by atoms with van der Waals surface area (Å²) in [6.45, 7) is 1.18. The number of nitrogen functional groups attached to an aromatic ring is 1. The summed E-state index contributed by atoms with van der Waals surface area (Å²) in [6, 6.07) is 2.88. The molecule has 7 heteroatoms. The Bertz CT molecular complexity index is 423. The van der Waals surface area contributed by atoms with Crippen molar-refractivity contribution in [3.63, 3.8) is 0 Å². The molecule has 2 heterocycles. The number of hydrogen-bond acceptors (Lipinski definition) is 6. The molecule has 0 bridgehead atoms. The van der Waals surface area contributed by atoms with Crippen molar-refractivity contribution in [3.8, 4) is 0 Å². The third kappa shape index (κ3) is 1.89. The van der Waals surface area contributed by atoms with Crippen molar-refractivity contribution in [1.82, 2.24) is 4.98 Å². The molecule has 1 atom stereocenters. The molecule has 2 rings (SSSR count). The molecule has 7 nitrogen and oxygen atoms in total. The van der Waals surface area contributed by atoms with Crippen molar-refractivity contribution >= 4 is 17.3 Å².